The Hall–Kier alpha value is -2.11. The highest BCUT2D eigenvalue weighted by Crippen LogP contribution is 2.11. The Morgan fingerprint density at radius 1 is 1.62 bits per heavy atom. The van der Waals surface area contributed by atoms with Crippen molar-refractivity contribution in [3.05, 3.63) is 35.8 Å². The zero-order valence-corrected chi connectivity index (χ0v) is 9.10. The van der Waals surface area contributed by atoms with E-state index >= 15 is 0 Å². The van der Waals surface area contributed by atoms with Crippen molar-refractivity contribution in [2.24, 2.45) is 0 Å². The molecule has 0 radical (unpaired) electrons. The van der Waals surface area contributed by atoms with E-state index in [9.17, 15) is 4.79 Å². The van der Waals surface area contributed by atoms with Crippen LogP contribution >= 0.6 is 0 Å². The average molecular weight is 220 g/mol. The first-order chi connectivity index (χ1) is 7.68. The van der Waals surface area contributed by atoms with E-state index in [0.717, 1.165) is 11.3 Å². The second-order valence-electron chi connectivity index (χ2n) is 3.50. The molecule has 0 fully saturated rings. The van der Waals surface area contributed by atoms with Gasteiger partial charge in [0, 0.05) is 19.2 Å². The number of hydrogen-bond acceptors (Lipinski definition) is 4. The number of furan rings is 1. The molecular formula is C10H12N4O2. The van der Waals surface area contributed by atoms with Crippen LogP contribution in [0.1, 0.15) is 21.9 Å². The lowest BCUT2D eigenvalue weighted by molar-refractivity contribution is 0.0773. The molecule has 6 nitrogen and oxygen atoms in total. The molecule has 2 aromatic rings. The van der Waals surface area contributed by atoms with Crippen LogP contribution in [-0.2, 0) is 6.54 Å². The van der Waals surface area contributed by atoms with Crippen molar-refractivity contribution in [2.45, 2.75) is 13.5 Å². The Morgan fingerprint density at radius 3 is 3.00 bits per heavy atom. The molecule has 0 bridgehead atoms. The molecule has 0 aliphatic carbocycles. The van der Waals surface area contributed by atoms with E-state index in [2.05, 4.69) is 15.2 Å². The Morgan fingerprint density at radius 2 is 2.44 bits per heavy atom. The van der Waals surface area contributed by atoms with Gasteiger partial charge in [0.15, 0.2) is 0 Å². The highest BCUT2D eigenvalue weighted by molar-refractivity contribution is 5.90. The minimum Gasteiger partial charge on any atom is -0.469 e. The topological polar surface area (TPSA) is 75.0 Å². The number of hydrogen-bond donors (Lipinski definition) is 1. The average Bonchev–Trinajstić information content (AvgIpc) is 2.89. The van der Waals surface area contributed by atoms with Gasteiger partial charge >= 0.3 is 0 Å². The van der Waals surface area contributed by atoms with Gasteiger partial charge in [-0.25, -0.2) is 4.98 Å². The van der Waals surface area contributed by atoms with Crippen LogP contribution in [0.3, 0.4) is 0 Å². The molecule has 2 aromatic heterocycles. The van der Waals surface area contributed by atoms with Crippen molar-refractivity contribution in [3.63, 3.8) is 0 Å². The molecule has 6 heteroatoms. The van der Waals surface area contributed by atoms with Crippen LogP contribution < -0.4 is 0 Å². The number of aromatic amines is 1. The summed E-state index contributed by atoms with van der Waals surface area (Å²) < 4.78 is 5.16. The number of aryl methyl sites for hydroxylation is 1. The standard InChI is InChI=1S/C10H12N4O2/c1-7-8(3-4-16-7)5-14(2)10(15)9-11-6-12-13-9/h3-4,6H,5H2,1-2H3,(H,11,12,13). The van der Waals surface area contributed by atoms with E-state index in [0.29, 0.717) is 6.54 Å². The SMILES string of the molecule is Cc1occc1CN(C)C(=O)c1ncn[nH]1. The van der Waals surface area contributed by atoms with Crippen LogP contribution in [0.25, 0.3) is 0 Å². The molecule has 0 atom stereocenters. The molecule has 1 amide bonds. The third kappa shape index (κ3) is 1.95. The fourth-order valence-electron chi connectivity index (χ4n) is 1.39. The van der Waals surface area contributed by atoms with Crippen molar-refractivity contribution in [3.8, 4) is 0 Å². The molecular weight excluding hydrogens is 208 g/mol. The Labute approximate surface area is 92.3 Å². The van der Waals surface area contributed by atoms with Crippen molar-refractivity contribution in [1.82, 2.24) is 20.1 Å². The minimum absolute atomic E-state index is 0.196. The lowest BCUT2D eigenvalue weighted by atomic mass is 10.2. The van der Waals surface area contributed by atoms with Gasteiger partial charge in [0.2, 0.25) is 5.82 Å². The van der Waals surface area contributed by atoms with Gasteiger partial charge in [0.05, 0.1) is 6.26 Å². The summed E-state index contributed by atoms with van der Waals surface area (Å²) >= 11 is 0. The van der Waals surface area contributed by atoms with Crippen LogP contribution in [0.2, 0.25) is 0 Å². The molecule has 2 heterocycles. The quantitative estimate of drug-likeness (QED) is 0.836. The molecule has 84 valence electrons. The largest absolute Gasteiger partial charge is 0.469 e. The Balaban J connectivity index is 2.07. The summed E-state index contributed by atoms with van der Waals surface area (Å²) in [7, 11) is 1.71. The van der Waals surface area contributed by atoms with Crippen LogP contribution in [0.4, 0.5) is 0 Å². The first kappa shape index (κ1) is 10.4. The van der Waals surface area contributed by atoms with Gasteiger partial charge in [0.25, 0.3) is 5.91 Å². The van der Waals surface area contributed by atoms with E-state index in [4.69, 9.17) is 4.42 Å². The maximum atomic E-state index is 11.8. The lowest BCUT2D eigenvalue weighted by Crippen LogP contribution is -2.27. The van der Waals surface area contributed by atoms with Gasteiger partial charge in [-0.2, -0.15) is 5.10 Å². The zero-order valence-electron chi connectivity index (χ0n) is 9.10. The molecule has 0 unspecified atom stereocenters. The molecule has 2 rings (SSSR count). The molecule has 0 aliphatic heterocycles. The number of H-pyrrole nitrogens is 1. The van der Waals surface area contributed by atoms with E-state index in [1.165, 1.54) is 6.33 Å². The summed E-state index contributed by atoms with van der Waals surface area (Å²) in [6.07, 6.45) is 2.92. The molecule has 0 saturated carbocycles. The molecule has 0 aliphatic rings. The van der Waals surface area contributed by atoms with Crippen molar-refractivity contribution >= 4 is 5.91 Å². The summed E-state index contributed by atoms with van der Waals surface area (Å²) in [5, 5.41) is 6.17. The van der Waals surface area contributed by atoms with Crippen molar-refractivity contribution in [1.29, 1.82) is 0 Å². The third-order valence-corrected chi connectivity index (χ3v) is 2.34. The third-order valence-electron chi connectivity index (χ3n) is 2.34. The summed E-state index contributed by atoms with van der Waals surface area (Å²) in [5.41, 5.74) is 0.982. The number of carbonyl (C=O) groups is 1. The van der Waals surface area contributed by atoms with Crippen molar-refractivity contribution < 1.29 is 9.21 Å². The van der Waals surface area contributed by atoms with E-state index < -0.39 is 0 Å². The minimum atomic E-state index is -0.196. The Bertz CT molecular complexity index is 475. The first-order valence-electron chi connectivity index (χ1n) is 4.82. The molecule has 1 N–H and O–H groups in total. The van der Waals surface area contributed by atoms with E-state index in [1.54, 1.807) is 18.2 Å². The highest BCUT2D eigenvalue weighted by atomic mass is 16.3. The fraction of sp³-hybridized carbons (Fsp3) is 0.300. The van der Waals surface area contributed by atoms with E-state index in [1.807, 2.05) is 13.0 Å². The zero-order chi connectivity index (χ0) is 11.5. The summed E-state index contributed by atoms with van der Waals surface area (Å²) in [6, 6.07) is 1.85. The van der Waals surface area contributed by atoms with E-state index in [-0.39, 0.29) is 11.7 Å². The second kappa shape index (κ2) is 4.18. The van der Waals surface area contributed by atoms with Gasteiger partial charge in [0.1, 0.15) is 12.1 Å². The maximum absolute atomic E-state index is 11.8. The van der Waals surface area contributed by atoms with Crippen molar-refractivity contribution in [2.75, 3.05) is 7.05 Å². The first-order valence-corrected chi connectivity index (χ1v) is 4.82. The van der Waals surface area contributed by atoms with Gasteiger partial charge in [-0.1, -0.05) is 0 Å². The van der Waals surface area contributed by atoms with Crippen LogP contribution in [0.5, 0.6) is 0 Å². The van der Waals surface area contributed by atoms with Gasteiger partial charge < -0.3 is 9.32 Å². The van der Waals surface area contributed by atoms with Crippen LogP contribution in [0, 0.1) is 6.92 Å². The predicted molar refractivity (Wildman–Crippen MR) is 55.6 cm³/mol. The van der Waals surface area contributed by atoms with Crippen LogP contribution in [0.15, 0.2) is 23.1 Å². The van der Waals surface area contributed by atoms with Crippen LogP contribution in [-0.4, -0.2) is 33.0 Å². The molecule has 0 spiro atoms. The second-order valence-corrected chi connectivity index (χ2v) is 3.50. The Kier molecular flexibility index (Phi) is 2.72. The smallest absolute Gasteiger partial charge is 0.291 e. The highest BCUT2D eigenvalue weighted by Gasteiger charge is 2.15. The number of amides is 1. The number of nitrogens with zero attached hydrogens (tertiary/aromatic N) is 3. The number of aromatic nitrogens is 3. The monoisotopic (exact) mass is 220 g/mol. The number of nitrogens with one attached hydrogen (secondary N) is 1. The number of carbonyl (C=O) groups excluding carboxylic acids is 1. The van der Waals surface area contributed by atoms with Gasteiger partial charge in [-0.3, -0.25) is 9.89 Å². The summed E-state index contributed by atoms with van der Waals surface area (Å²) in [6.45, 7) is 2.35. The fourth-order valence-corrected chi connectivity index (χ4v) is 1.39. The summed E-state index contributed by atoms with van der Waals surface area (Å²) in [4.78, 5) is 17.2. The predicted octanol–water partition coefficient (Wildman–Crippen LogP) is 0.978. The number of rotatable bonds is 3. The summed E-state index contributed by atoms with van der Waals surface area (Å²) in [5.74, 6) is 0.860. The maximum Gasteiger partial charge on any atom is 0.291 e. The molecule has 0 saturated heterocycles. The van der Waals surface area contributed by atoms with Gasteiger partial charge in [-0.15, -0.1) is 0 Å². The molecule has 16 heavy (non-hydrogen) atoms. The van der Waals surface area contributed by atoms with Gasteiger partial charge in [-0.05, 0) is 13.0 Å². The molecule has 0 aromatic carbocycles. The lowest BCUT2D eigenvalue weighted by Gasteiger charge is -2.14. The normalized spacial score (nSPS) is 10.4.